The van der Waals surface area contributed by atoms with Crippen LogP contribution in [-0.2, 0) is 4.74 Å². The lowest BCUT2D eigenvalue weighted by atomic mass is 10.0. The molecule has 0 aliphatic carbocycles. The fourth-order valence-corrected chi connectivity index (χ4v) is 1.04. The first-order chi connectivity index (χ1) is 5.88. The Morgan fingerprint density at radius 2 is 1.83 bits per heavy atom. The molecule has 2 nitrogen and oxygen atoms in total. The summed E-state index contributed by atoms with van der Waals surface area (Å²) in [5, 5.41) is 0. The lowest BCUT2D eigenvalue weighted by Gasteiger charge is -2.15. The molecule has 1 aliphatic rings. The van der Waals surface area contributed by atoms with Crippen molar-refractivity contribution in [1.29, 1.82) is 0 Å². The number of hydrogen-bond donors (Lipinski definition) is 1. The smallest absolute Gasteiger partial charge is 0.0719 e. The van der Waals surface area contributed by atoms with Gasteiger partial charge in [0.15, 0.2) is 0 Å². The topological polar surface area (TPSA) is 35.2 Å². The first kappa shape index (κ1) is 11.1. The zero-order valence-electron chi connectivity index (χ0n) is 7.68. The number of nitrogens with two attached hydrogens (primary N) is 1. The quantitative estimate of drug-likeness (QED) is 0.678. The summed E-state index contributed by atoms with van der Waals surface area (Å²) < 4.78 is 5.23. The first-order valence-corrected chi connectivity index (χ1v) is 4.01. The number of hydrogen-bond acceptors (Lipinski definition) is 2. The lowest BCUT2D eigenvalue weighted by Crippen LogP contribution is -2.08. The second-order valence-corrected chi connectivity index (χ2v) is 2.26. The van der Waals surface area contributed by atoms with E-state index < -0.39 is 0 Å². The molecule has 1 heterocycles. The average Bonchev–Trinajstić information content (AvgIpc) is 2.20. The van der Waals surface area contributed by atoms with Gasteiger partial charge < -0.3 is 10.5 Å². The van der Waals surface area contributed by atoms with Crippen molar-refractivity contribution in [3.8, 4) is 0 Å². The Bertz CT molecular complexity index is 162. The zero-order valence-corrected chi connectivity index (χ0v) is 7.68. The van der Waals surface area contributed by atoms with E-state index in [0.717, 1.165) is 13.0 Å². The van der Waals surface area contributed by atoms with Crippen molar-refractivity contribution in [2.75, 3.05) is 20.3 Å². The minimum Gasteiger partial charge on any atom is -0.376 e. The molecule has 0 radical (unpaired) electrons. The predicted octanol–water partition coefficient (Wildman–Crippen LogP) is 1.65. The monoisotopic (exact) mass is 167 g/mol. The van der Waals surface area contributed by atoms with Crippen LogP contribution in [0.3, 0.4) is 0 Å². The van der Waals surface area contributed by atoms with E-state index in [4.69, 9.17) is 4.74 Å². The summed E-state index contributed by atoms with van der Waals surface area (Å²) in [6.45, 7) is 8.94. The van der Waals surface area contributed by atoms with E-state index in [2.05, 4.69) is 18.9 Å². The maximum atomic E-state index is 5.23. The van der Waals surface area contributed by atoms with Crippen LogP contribution in [0.4, 0.5) is 0 Å². The maximum absolute atomic E-state index is 5.23. The highest BCUT2D eigenvalue weighted by molar-refractivity contribution is 5.32. The molecule has 2 N–H and O–H groups in total. The van der Waals surface area contributed by atoms with E-state index >= 15 is 0 Å². The van der Waals surface area contributed by atoms with Gasteiger partial charge in [0.1, 0.15) is 0 Å². The van der Waals surface area contributed by atoms with Crippen LogP contribution >= 0.6 is 0 Å². The number of rotatable bonds is 2. The molecule has 12 heavy (non-hydrogen) atoms. The molecule has 0 unspecified atom stereocenters. The highest BCUT2D eigenvalue weighted by Crippen LogP contribution is 2.16. The molecule has 1 aliphatic heterocycles. The van der Waals surface area contributed by atoms with Gasteiger partial charge in [-0.25, -0.2) is 0 Å². The SMILES string of the molecule is C=CC1=C(C=C)COCC1.CN. The van der Waals surface area contributed by atoms with Gasteiger partial charge in [0, 0.05) is 0 Å². The largest absolute Gasteiger partial charge is 0.376 e. The molecule has 68 valence electrons. The van der Waals surface area contributed by atoms with E-state index in [-0.39, 0.29) is 0 Å². The van der Waals surface area contributed by atoms with Crippen LogP contribution in [0.1, 0.15) is 6.42 Å². The van der Waals surface area contributed by atoms with E-state index in [0.29, 0.717) is 6.61 Å². The Kier molecular flexibility index (Phi) is 6.34. The Hall–Kier alpha value is -0.860. The molecule has 0 atom stereocenters. The Morgan fingerprint density at radius 3 is 2.25 bits per heavy atom. The summed E-state index contributed by atoms with van der Waals surface area (Å²) in [6, 6.07) is 0. The summed E-state index contributed by atoms with van der Waals surface area (Å²) in [4.78, 5) is 0. The van der Waals surface area contributed by atoms with Crippen molar-refractivity contribution >= 4 is 0 Å². The molecule has 0 fully saturated rings. The Labute approximate surface area is 74.4 Å². The predicted molar refractivity (Wildman–Crippen MR) is 53.0 cm³/mol. The van der Waals surface area contributed by atoms with E-state index in [1.165, 1.54) is 18.2 Å². The Morgan fingerprint density at radius 1 is 1.25 bits per heavy atom. The van der Waals surface area contributed by atoms with Gasteiger partial charge in [-0.2, -0.15) is 0 Å². The number of ether oxygens (including phenoxy) is 1. The first-order valence-electron chi connectivity index (χ1n) is 4.01. The summed E-state index contributed by atoms with van der Waals surface area (Å²) >= 11 is 0. The van der Waals surface area contributed by atoms with Gasteiger partial charge in [-0.1, -0.05) is 25.3 Å². The highest BCUT2D eigenvalue weighted by Gasteiger charge is 2.06. The van der Waals surface area contributed by atoms with E-state index in [1.54, 1.807) is 0 Å². The van der Waals surface area contributed by atoms with Crippen molar-refractivity contribution in [2.24, 2.45) is 5.73 Å². The van der Waals surface area contributed by atoms with Crippen LogP contribution in [0.5, 0.6) is 0 Å². The van der Waals surface area contributed by atoms with Crippen molar-refractivity contribution in [3.63, 3.8) is 0 Å². The maximum Gasteiger partial charge on any atom is 0.0719 e. The second-order valence-electron chi connectivity index (χ2n) is 2.26. The van der Waals surface area contributed by atoms with E-state index in [1.807, 2.05) is 12.2 Å². The van der Waals surface area contributed by atoms with Gasteiger partial charge in [0.05, 0.1) is 13.2 Å². The van der Waals surface area contributed by atoms with Crippen LogP contribution in [0.2, 0.25) is 0 Å². The molecular weight excluding hydrogens is 150 g/mol. The van der Waals surface area contributed by atoms with Gasteiger partial charge >= 0.3 is 0 Å². The molecule has 2 heteroatoms. The minimum atomic E-state index is 0.699. The molecule has 0 amide bonds. The average molecular weight is 167 g/mol. The molecular formula is C10H17NO. The van der Waals surface area contributed by atoms with Crippen molar-refractivity contribution < 1.29 is 4.74 Å². The summed E-state index contributed by atoms with van der Waals surface area (Å²) in [6.07, 6.45) is 4.71. The normalized spacial score (nSPS) is 16.2. The lowest BCUT2D eigenvalue weighted by molar-refractivity contribution is 0.150. The van der Waals surface area contributed by atoms with Gasteiger partial charge in [-0.15, -0.1) is 0 Å². The van der Waals surface area contributed by atoms with Gasteiger partial charge in [0.2, 0.25) is 0 Å². The van der Waals surface area contributed by atoms with Crippen LogP contribution in [0, 0.1) is 0 Å². The Balaban J connectivity index is 0.000000561. The molecule has 0 spiro atoms. The van der Waals surface area contributed by atoms with Gasteiger partial charge in [-0.3, -0.25) is 0 Å². The molecule has 0 bridgehead atoms. The molecule has 0 aromatic heterocycles. The molecule has 0 saturated carbocycles. The molecule has 1 rings (SSSR count). The fraction of sp³-hybridized carbons (Fsp3) is 0.400. The standard InChI is InChI=1S/C9H12O.CH5N/c1-3-8-5-6-10-7-9(8)4-2;1-2/h3-4H,1-2,5-7H2;2H2,1H3. The summed E-state index contributed by atoms with van der Waals surface area (Å²) in [5.41, 5.74) is 6.96. The van der Waals surface area contributed by atoms with Crippen LogP contribution in [-0.4, -0.2) is 20.3 Å². The van der Waals surface area contributed by atoms with Gasteiger partial charge in [-0.05, 0) is 24.6 Å². The molecule has 0 aromatic carbocycles. The van der Waals surface area contributed by atoms with Crippen molar-refractivity contribution in [2.45, 2.75) is 6.42 Å². The molecule has 0 saturated heterocycles. The highest BCUT2D eigenvalue weighted by atomic mass is 16.5. The third kappa shape index (κ3) is 3.03. The van der Waals surface area contributed by atoms with E-state index in [9.17, 15) is 0 Å². The van der Waals surface area contributed by atoms with Crippen molar-refractivity contribution in [3.05, 3.63) is 36.5 Å². The third-order valence-corrected chi connectivity index (χ3v) is 1.68. The second kappa shape index (κ2) is 6.83. The number of allylic oxidation sites excluding steroid dienone is 1. The zero-order chi connectivity index (χ0) is 9.40. The third-order valence-electron chi connectivity index (χ3n) is 1.68. The summed E-state index contributed by atoms with van der Waals surface area (Å²) in [5.74, 6) is 0. The van der Waals surface area contributed by atoms with Crippen LogP contribution < -0.4 is 5.73 Å². The van der Waals surface area contributed by atoms with Crippen LogP contribution in [0.25, 0.3) is 0 Å². The van der Waals surface area contributed by atoms with Crippen LogP contribution in [0.15, 0.2) is 36.5 Å². The summed E-state index contributed by atoms with van der Waals surface area (Å²) in [7, 11) is 1.50. The molecule has 0 aromatic rings. The minimum absolute atomic E-state index is 0.699. The fourth-order valence-electron chi connectivity index (χ4n) is 1.04. The van der Waals surface area contributed by atoms with Gasteiger partial charge in [0.25, 0.3) is 0 Å². The van der Waals surface area contributed by atoms with Crippen molar-refractivity contribution in [1.82, 2.24) is 0 Å².